The van der Waals surface area contributed by atoms with Crippen LogP contribution >= 0.6 is 0 Å². The van der Waals surface area contributed by atoms with E-state index >= 15 is 0 Å². The molecule has 0 saturated carbocycles. The first kappa shape index (κ1) is 11.3. The lowest BCUT2D eigenvalue weighted by Gasteiger charge is -2.22. The van der Waals surface area contributed by atoms with Gasteiger partial charge in [-0.25, -0.2) is 0 Å². The lowest BCUT2D eigenvalue weighted by Crippen LogP contribution is -2.36. The van der Waals surface area contributed by atoms with Gasteiger partial charge in [-0.05, 0) is 26.1 Å². The summed E-state index contributed by atoms with van der Waals surface area (Å²) >= 11 is 0. The van der Waals surface area contributed by atoms with Crippen molar-refractivity contribution in [2.45, 2.75) is 26.2 Å². The minimum absolute atomic E-state index is 0.0467. The van der Waals surface area contributed by atoms with Crippen molar-refractivity contribution >= 4 is 0 Å². The summed E-state index contributed by atoms with van der Waals surface area (Å²) in [5, 5.41) is 6.37. The van der Waals surface area contributed by atoms with E-state index < -0.39 is 0 Å². The Kier molecular flexibility index (Phi) is 3.72. The first-order valence-corrected chi connectivity index (χ1v) is 4.98. The molecule has 0 bridgehead atoms. The molecule has 0 aromatic carbocycles. The van der Waals surface area contributed by atoms with Gasteiger partial charge in [-0.3, -0.25) is 0 Å². The highest BCUT2D eigenvalue weighted by molar-refractivity contribution is 5.15. The summed E-state index contributed by atoms with van der Waals surface area (Å²) in [6.45, 7) is 8.05. The molecule has 1 heterocycles. The van der Waals surface area contributed by atoms with Gasteiger partial charge in [0.15, 0.2) is 0 Å². The largest absolute Gasteiger partial charge is 0.466 e. The van der Waals surface area contributed by atoms with Crippen LogP contribution in [0.3, 0.4) is 0 Å². The van der Waals surface area contributed by atoms with Gasteiger partial charge in [0, 0.05) is 18.6 Å². The maximum atomic E-state index is 5.62. The Morgan fingerprint density at radius 2 is 2.07 bits per heavy atom. The minimum Gasteiger partial charge on any atom is -0.466 e. The molecule has 0 amide bonds. The Morgan fingerprint density at radius 1 is 1.36 bits per heavy atom. The van der Waals surface area contributed by atoms with E-state index in [1.807, 2.05) is 20.0 Å². The number of hydrogen-bond acceptors (Lipinski definition) is 3. The summed E-state index contributed by atoms with van der Waals surface area (Å²) in [7, 11) is 1.93. The van der Waals surface area contributed by atoms with E-state index in [4.69, 9.17) is 4.42 Å². The molecule has 0 atom stereocenters. The van der Waals surface area contributed by atoms with Crippen LogP contribution in [0.2, 0.25) is 0 Å². The van der Waals surface area contributed by atoms with Crippen LogP contribution in [0.15, 0.2) is 16.5 Å². The van der Waals surface area contributed by atoms with Crippen molar-refractivity contribution in [1.82, 2.24) is 10.6 Å². The number of rotatable bonds is 5. The fourth-order valence-corrected chi connectivity index (χ4v) is 1.39. The second-order valence-electron chi connectivity index (χ2n) is 4.25. The second-order valence-corrected chi connectivity index (χ2v) is 4.25. The molecule has 1 aromatic heterocycles. The molecule has 0 spiro atoms. The smallest absolute Gasteiger partial charge is 0.111 e. The summed E-state index contributed by atoms with van der Waals surface area (Å²) in [6.07, 6.45) is 0. The molecule has 1 rings (SSSR count). The van der Waals surface area contributed by atoms with Gasteiger partial charge in [-0.2, -0.15) is 0 Å². The van der Waals surface area contributed by atoms with E-state index in [0.29, 0.717) is 0 Å². The van der Waals surface area contributed by atoms with Crippen LogP contribution < -0.4 is 10.6 Å². The number of aryl methyl sites for hydroxylation is 1. The molecular formula is C11H20N2O. The Bertz CT molecular complexity index is 279. The highest BCUT2D eigenvalue weighted by Crippen LogP contribution is 2.23. The van der Waals surface area contributed by atoms with Crippen molar-refractivity contribution in [3.05, 3.63) is 23.7 Å². The fraction of sp³-hybridized carbons (Fsp3) is 0.636. The average molecular weight is 196 g/mol. The Hall–Kier alpha value is -0.800. The Balaban J connectivity index is 2.56. The predicted octanol–water partition coefficient (Wildman–Crippen LogP) is 1.63. The molecule has 0 fully saturated rings. The molecule has 3 heteroatoms. The monoisotopic (exact) mass is 196 g/mol. The molecular weight excluding hydrogens is 176 g/mol. The zero-order valence-electron chi connectivity index (χ0n) is 9.48. The first-order valence-electron chi connectivity index (χ1n) is 4.98. The maximum Gasteiger partial charge on any atom is 0.111 e. The summed E-state index contributed by atoms with van der Waals surface area (Å²) < 4.78 is 5.62. The minimum atomic E-state index is 0.0467. The third-order valence-corrected chi connectivity index (χ3v) is 2.28. The van der Waals surface area contributed by atoms with Gasteiger partial charge in [0.1, 0.15) is 11.5 Å². The Labute approximate surface area is 85.9 Å². The number of hydrogen-bond donors (Lipinski definition) is 2. The Morgan fingerprint density at radius 3 is 2.57 bits per heavy atom. The van der Waals surface area contributed by atoms with Crippen LogP contribution in [0.4, 0.5) is 0 Å². The van der Waals surface area contributed by atoms with Gasteiger partial charge in [-0.15, -0.1) is 0 Å². The number of nitrogens with one attached hydrogen (secondary N) is 2. The maximum absolute atomic E-state index is 5.62. The first-order chi connectivity index (χ1) is 6.56. The molecule has 0 unspecified atom stereocenters. The molecule has 0 aliphatic rings. The molecule has 0 radical (unpaired) electrons. The van der Waals surface area contributed by atoms with Gasteiger partial charge in [-0.1, -0.05) is 13.8 Å². The fourth-order valence-electron chi connectivity index (χ4n) is 1.39. The van der Waals surface area contributed by atoms with Gasteiger partial charge in [0.25, 0.3) is 0 Å². The van der Waals surface area contributed by atoms with Crippen molar-refractivity contribution < 1.29 is 4.42 Å². The van der Waals surface area contributed by atoms with Crippen molar-refractivity contribution in [3.8, 4) is 0 Å². The molecule has 0 aliphatic carbocycles. The molecule has 1 aromatic rings. The van der Waals surface area contributed by atoms with Crippen molar-refractivity contribution in [2.24, 2.45) is 0 Å². The molecule has 80 valence electrons. The zero-order valence-corrected chi connectivity index (χ0v) is 9.48. The van der Waals surface area contributed by atoms with Gasteiger partial charge >= 0.3 is 0 Å². The van der Waals surface area contributed by atoms with Gasteiger partial charge in [0.2, 0.25) is 0 Å². The van der Waals surface area contributed by atoms with Gasteiger partial charge in [0.05, 0.1) is 0 Å². The molecule has 2 N–H and O–H groups in total. The van der Waals surface area contributed by atoms with Crippen LogP contribution in [-0.2, 0) is 5.41 Å². The summed E-state index contributed by atoms with van der Waals surface area (Å²) in [5.41, 5.74) is 0.0467. The number of furan rings is 1. The summed E-state index contributed by atoms with van der Waals surface area (Å²) in [6, 6.07) is 4.06. The van der Waals surface area contributed by atoms with E-state index in [1.54, 1.807) is 0 Å². The quantitative estimate of drug-likeness (QED) is 0.555. The average Bonchev–Trinajstić information content (AvgIpc) is 2.53. The zero-order chi connectivity index (χ0) is 10.6. The van der Waals surface area contributed by atoms with E-state index in [1.165, 1.54) is 0 Å². The summed E-state index contributed by atoms with van der Waals surface area (Å²) in [5.74, 6) is 2.01. The third-order valence-electron chi connectivity index (χ3n) is 2.28. The topological polar surface area (TPSA) is 37.2 Å². The standard InChI is InChI=1S/C11H20N2O/c1-9-5-6-10(14-9)11(2,3)7-13-8-12-4/h5-6,12-13H,7-8H2,1-4H3. The van der Waals surface area contributed by atoms with Crippen LogP contribution in [0.25, 0.3) is 0 Å². The van der Waals surface area contributed by atoms with E-state index in [9.17, 15) is 0 Å². The van der Waals surface area contributed by atoms with Crippen LogP contribution in [-0.4, -0.2) is 20.3 Å². The van der Waals surface area contributed by atoms with Crippen molar-refractivity contribution in [2.75, 3.05) is 20.3 Å². The highest BCUT2D eigenvalue weighted by atomic mass is 16.3. The van der Waals surface area contributed by atoms with Crippen LogP contribution in [0, 0.1) is 6.92 Å². The predicted molar refractivity (Wildman–Crippen MR) is 58.4 cm³/mol. The van der Waals surface area contributed by atoms with Crippen LogP contribution in [0.5, 0.6) is 0 Å². The summed E-state index contributed by atoms with van der Waals surface area (Å²) in [4.78, 5) is 0. The normalized spacial score (nSPS) is 12.0. The molecule has 3 nitrogen and oxygen atoms in total. The molecule has 0 aliphatic heterocycles. The van der Waals surface area contributed by atoms with Crippen LogP contribution in [0.1, 0.15) is 25.4 Å². The van der Waals surface area contributed by atoms with E-state index in [-0.39, 0.29) is 5.41 Å². The third kappa shape index (κ3) is 2.86. The molecule has 14 heavy (non-hydrogen) atoms. The highest BCUT2D eigenvalue weighted by Gasteiger charge is 2.23. The van der Waals surface area contributed by atoms with E-state index in [0.717, 1.165) is 24.7 Å². The van der Waals surface area contributed by atoms with E-state index in [2.05, 4.69) is 30.5 Å². The molecule has 0 saturated heterocycles. The lowest BCUT2D eigenvalue weighted by molar-refractivity contribution is 0.355. The SMILES string of the molecule is CNCNCC(C)(C)c1ccc(C)o1. The van der Waals surface area contributed by atoms with Crippen molar-refractivity contribution in [3.63, 3.8) is 0 Å². The lowest BCUT2D eigenvalue weighted by atomic mass is 9.90. The second kappa shape index (κ2) is 4.62. The van der Waals surface area contributed by atoms with Gasteiger partial charge < -0.3 is 15.1 Å². The van der Waals surface area contributed by atoms with Crippen molar-refractivity contribution in [1.29, 1.82) is 0 Å².